The molecule has 0 saturated heterocycles. The largest absolute Gasteiger partial charge is 0.394 e. The van der Waals surface area contributed by atoms with Crippen molar-refractivity contribution in [2.24, 2.45) is 0 Å². The average Bonchev–Trinajstić information content (AvgIpc) is 3.12. The number of allylic oxidation sites excluding steroid dienone is 2. The Labute approximate surface area is 311 Å². The Morgan fingerprint density at radius 2 is 0.820 bits per heavy atom. The van der Waals surface area contributed by atoms with Crippen molar-refractivity contribution in [1.82, 2.24) is 5.32 Å². The zero-order valence-electron chi connectivity index (χ0n) is 33.4. The Morgan fingerprint density at radius 3 is 1.22 bits per heavy atom. The van der Waals surface area contributed by atoms with Gasteiger partial charge < -0.3 is 25.7 Å². The monoisotopic (exact) mass is 710 g/mol. The topological polar surface area (TPSA) is 110 Å². The van der Waals surface area contributed by atoms with Gasteiger partial charge in [0, 0.05) is 0 Å². The van der Waals surface area contributed by atoms with Crippen LogP contribution in [0.5, 0.6) is 0 Å². The Balaban J connectivity index is 3.60. The summed E-state index contributed by atoms with van der Waals surface area (Å²) in [5, 5.41) is 43.5. The minimum absolute atomic E-state index is 0.349. The Bertz CT molecular complexity index is 717. The molecule has 0 radical (unpaired) electrons. The summed E-state index contributed by atoms with van der Waals surface area (Å²) < 4.78 is 0. The lowest BCUT2D eigenvalue weighted by Gasteiger charge is -2.27. The number of nitrogens with one attached hydrogen (secondary N) is 1. The molecule has 4 unspecified atom stereocenters. The van der Waals surface area contributed by atoms with E-state index in [0.29, 0.717) is 12.8 Å². The molecule has 0 aromatic carbocycles. The maximum absolute atomic E-state index is 12.4. The van der Waals surface area contributed by atoms with Crippen molar-refractivity contribution in [3.63, 3.8) is 0 Å². The van der Waals surface area contributed by atoms with E-state index in [2.05, 4.69) is 31.3 Å². The van der Waals surface area contributed by atoms with Gasteiger partial charge in [-0.2, -0.15) is 0 Å². The van der Waals surface area contributed by atoms with Crippen molar-refractivity contribution in [1.29, 1.82) is 0 Å². The number of aliphatic hydroxyl groups is 4. The highest BCUT2D eigenvalue weighted by Gasteiger charge is 2.28. The summed E-state index contributed by atoms with van der Waals surface area (Å²) in [6, 6.07) is -0.986. The molecule has 0 aromatic heterocycles. The van der Waals surface area contributed by atoms with Crippen LogP contribution in [0.1, 0.15) is 232 Å². The SMILES string of the molecule is CCCC/C=C\CCCCCC(O)C(=O)NC(CO)C(O)C(O)CCCCCCCCCCCCCCCCCCCCCCCCCCC. The van der Waals surface area contributed by atoms with Crippen LogP contribution in [0.4, 0.5) is 0 Å². The average molecular weight is 710 g/mol. The van der Waals surface area contributed by atoms with Crippen LogP contribution in [0.25, 0.3) is 0 Å². The fraction of sp³-hybridized carbons (Fsp3) is 0.932. The molecule has 0 heterocycles. The van der Waals surface area contributed by atoms with E-state index in [-0.39, 0.29) is 0 Å². The van der Waals surface area contributed by atoms with Gasteiger partial charge in [0.1, 0.15) is 12.2 Å². The zero-order chi connectivity index (χ0) is 36.8. The number of hydrogen-bond acceptors (Lipinski definition) is 5. The summed E-state index contributed by atoms with van der Waals surface area (Å²) in [5.41, 5.74) is 0. The molecule has 6 heteroatoms. The third-order valence-electron chi connectivity index (χ3n) is 10.5. The highest BCUT2D eigenvalue weighted by molar-refractivity contribution is 5.80. The molecule has 4 atom stereocenters. The summed E-state index contributed by atoms with van der Waals surface area (Å²) >= 11 is 0. The van der Waals surface area contributed by atoms with Gasteiger partial charge in [-0.1, -0.05) is 212 Å². The molecule has 0 aliphatic rings. The number of carbonyl (C=O) groups excluding carboxylic acids is 1. The van der Waals surface area contributed by atoms with Crippen molar-refractivity contribution < 1.29 is 25.2 Å². The fourth-order valence-corrected chi connectivity index (χ4v) is 6.91. The van der Waals surface area contributed by atoms with Gasteiger partial charge in [-0.3, -0.25) is 4.79 Å². The van der Waals surface area contributed by atoms with Crippen molar-refractivity contribution in [2.45, 2.75) is 257 Å². The van der Waals surface area contributed by atoms with Crippen LogP contribution >= 0.6 is 0 Å². The Morgan fingerprint density at radius 1 is 0.480 bits per heavy atom. The van der Waals surface area contributed by atoms with Gasteiger partial charge in [-0.25, -0.2) is 0 Å². The smallest absolute Gasteiger partial charge is 0.249 e. The molecule has 1 amide bonds. The zero-order valence-corrected chi connectivity index (χ0v) is 33.4. The first-order valence-electron chi connectivity index (χ1n) is 22.1. The molecule has 0 bridgehead atoms. The molecule has 5 N–H and O–H groups in total. The van der Waals surface area contributed by atoms with Crippen LogP contribution in [-0.4, -0.2) is 57.3 Å². The molecular formula is C44H87NO5. The lowest BCUT2D eigenvalue weighted by Crippen LogP contribution is -2.53. The van der Waals surface area contributed by atoms with Gasteiger partial charge in [-0.15, -0.1) is 0 Å². The molecule has 6 nitrogen and oxygen atoms in total. The lowest BCUT2D eigenvalue weighted by atomic mass is 9.99. The van der Waals surface area contributed by atoms with Crippen molar-refractivity contribution in [3.05, 3.63) is 12.2 Å². The van der Waals surface area contributed by atoms with Gasteiger partial charge in [0.15, 0.2) is 0 Å². The number of unbranched alkanes of at least 4 members (excludes halogenated alkanes) is 29. The number of rotatable bonds is 40. The van der Waals surface area contributed by atoms with E-state index in [0.717, 1.165) is 51.4 Å². The predicted octanol–water partition coefficient (Wildman–Crippen LogP) is 11.4. The van der Waals surface area contributed by atoms with E-state index < -0.39 is 36.9 Å². The summed E-state index contributed by atoms with van der Waals surface area (Å²) in [5.74, 6) is -0.597. The number of hydrogen-bond donors (Lipinski definition) is 5. The van der Waals surface area contributed by atoms with E-state index in [1.165, 1.54) is 154 Å². The van der Waals surface area contributed by atoms with Gasteiger partial charge >= 0.3 is 0 Å². The first-order chi connectivity index (χ1) is 24.5. The maximum Gasteiger partial charge on any atom is 0.249 e. The predicted molar refractivity (Wildman–Crippen MR) is 215 cm³/mol. The van der Waals surface area contributed by atoms with Crippen LogP contribution in [-0.2, 0) is 4.79 Å². The fourth-order valence-electron chi connectivity index (χ4n) is 6.91. The molecular weight excluding hydrogens is 622 g/mol. The summed E-state index contributed by atoms with van der Waals surface area (Å²) in [6.45, 7) is 3.99. The van der Waals surface area contributed by atoms with Crippen molar-refractivity contribution in [3.8, 4) is 0 Å². The number of aliphatic hydroxyl groups excluding tert-OH is 4. The second-order valence-corrected chi connectivity index (χ2v) is 15.4. The van der Waals surface area contributed by atoms with Crippen LogP contribution in [0.15, 0.2) is 12.2 Å². The third kappa shape index (κ3) is 32.9. The van der Waals surface area contributed by atoms with Crippen LogP contribution in [0.2, 0.25) is 0 Å². The molecule has 50 heavy (non-hydrogen) atoms. The summed E-state index contributed by atoms with van der Waals surface area (Å²) in [7, 11) is 0. The molecule has 0 aromatic rings. The Kier molecular flexibility index (Phi) is 38.5. The molecule has 0 rings (SSSR count). The third-order valence-corrected chi connectivity index (χ3v) is 10.5. The van der Waals surface area contributed by atoms with E-state index >= 15 is 0 Å². The second-order valence-electron chi connectivity index (χ2n) is 15.4. The minimum Gasteiger partial charge on any atom is -0.394 e. The lowest BCUT2D eigenvalue weighted by molar-refractivity contribution is -0.132. The maximum atomic E-state index is 12.4. The minimum atomic E-state index is -1.26. The van der Waals surface area contributed by atoms with Crippen molar-refractivity contribution >= 4 is 5.91 Å². The van der Waals surface area contributed by atoms with Gasteiger partial charge in [0.2, 0.25) is 5.91 Å². The van der Waals surface area contributed by atoms with Gasteiger partial charge in [0.05, 0.1) is 18.8 Å². The number of amides is 1. The standard InChI is InChI=1S/C44H87NO5/c1-3-5-7-9-11-13-14-15-16-17-18-19-20-21-22-23-24-25-26-27-28-30-31-33-35-37-41(47)43(49)40(39-46)45-44(50)42(48)38-36-34-32-29-12-10-8-6-4-2/h10,12,40-43,46-49H,3-9,11,13-39H2,1-2H3,(H,45,50)/b12-10-. The Hall–Kier alpha value is -0.950. The van der Waals surface area contributed by atoms with Gasteiger partial charge in [-0.05, 0) is 32.1 Å². The summed E-state index contributed by atoms with van der Waals surface area (Å²) in [4.78, 5) is 12.4. The van der Waals surface area contributed by atoms with E-state index in [1.807, 2.05) is 0 Å². The molecule has 0 fully saturated rings. The van der Waals surface area contributed by atoms with Crippen LogP contribution in [0, 0.1) is 0 Å². The van der Waals surface area contributed by atoms with E-state index in [1.54, 1.807) is 0 Å². The number of carbonyl (C=O) groups is 1. The van der Waals surface area contributed by atoms with Crippen LogP contribution < -0.4 is 5.32 Å². The van der Waals surface area contributed by atoms with E-state index in [4.69, 9.17) is 0 Å². The molecule has 0 aliphatic heterocycles. The van der Waals surface area contributed by atoms with Crippen LogP contribution in [0.3, 0.4) is 0 Å². The first kappa shape index (κ1) is 49.0. The quantitative estimate of drug-likeness (QED) is 0.0321. The molecule has 298 valence electrons. The molecule has 0 spiro atoms. The summed E-state index contributed by atoms with van der Waals surface area (Å²) in [6.07, 6.45) is 42.7. The second kappa shape index (κ2) is 39.3. The van der Waals surface area contributed by atoms with Crippen molar-refractivity contribution in [2.75, 3.05) is 6.61 Å². The highest BCUT2D eigenvalue weighted by atomic mass is 16.3. The first-order valence-corrected chi connectivity index (χ1v) is 22.1. The van der Waals surface area contributed by atoms with Gasteiger partial charge in [0.25, 0.3) is 0 Å². The highest BCUT2D eigenvalue weighted by Crippen LogP contribution is 2.17. The van der Waals surface area contributed by atoms with E-state index in [9.17, 15) is 25.2 Å². The molecule has 0 saturated carbocycles. The normalized spacial score (nSPS) is 14.3. The molecule has 0 aliphatic carbocycles.